The molecule has 0 aliphatic carbocycles. The first-order valence-corrected chi connectivity index (χ1v) is 12.6. The highest BCUT2D eigenvalue weighted by Crippen LogP contribution is 2.23. The fourth-order valence-corrected chi connectivity index (χ4v) is 3.61. The lowest BCUT2D eigenvalue weighted by Crippen LogP contribution is -2.48. The Hall–Kier alpha value is -3.93. The number of H-pyrrole nitrogens is 1. The number of hydrogen-bond donors (Lipinski definition) is 3. The second-order valence-electron chi connectivity index (χ2n) is 8.43. The number of benzene rings is 1. The molecule has 2 aromatic heterocycles. The van der Waals surface area contributed by atoms with E-state index in [-0.39, 0.29) is 5.91 Å². The summed E-state index contributed by atoms with van der Waals surface area (Å²) in [6, 6.07) is 9.84. The Balaban J connectivity index is 0.000000367. The number of hydrogen-bond acceptors (Lipinski definition) is 7. The number of ether oxygens (including phenoxy) is 1. The molecule has 4 rings (SSSR count). The van der Waals surface area contributed by atoms with E-state index in [1.54, 1.807) is 13.1 Å². The number of piperazine rings is 1. The van der Waals surface area contributed by atoms with Crippen LogP contribution >= 0.6 is 15.9 Å². The van der Waals surface area contributed by atoms with Crippen LogP contribution < -0.4 is 4.74 Å². The van der Waals surface area contributed by atoms with Crippen LogP contribution in [-0.2, 0) is 14.4 Å². The van der Waals surface area contributed by atoms with Crippen molar-refractivity contribution in [2.75, 3.05) is 39.3 Å². The SMILES string of the molecule is CC(=O)N1CCN(CCOc2ccc(-c3nc4cc(Br)cnc4[nH]3)cc2)CC1.O=C(O)C(F)(F)F.O=C(O)C(F)(F)F. The first-order chi connectivity index (χ1) is 19.5. The Bertz CT molecular complexity index is 1330. The van der Waals surface area contributed by atoms with Gasteiger partial charge in [0.1, 0.15) is 23.7 Å². The number of pyridine rings is 1. The zero-order valence-corrected chi connectivity index (χ0v) is 23.3. The summed E-state index contributed by atoms with van der Waals surface area (Å²) >= 11 is 3.42. The van der Waals surface area contributed by atoms with Gasteiger partial charge in [0.05, 0.1) is 0 Å². The molecule has 42 heavy (non-hydrogen) atoms. The molecular formula is C24H24BrF6N5O6. The number of carboxylic acids is 2. The number of amides is 1. The number of carbonyl (C=O) groups is 3. The summed E-state index contributed by atoms with van der Waals surface area (Å²) in [4.78, 5) is 45.5. The van der Waals surface area contributed by atoms with E-state index in [0.29, 0.717) is 6.61 Å². The lowest BCUT2D eigenvalue weighted by Gasteiger charge is -2.34. The van der Waals surface area contributed by atoms with Crippen LogP contribution in [-0.4, -0.2) is 104 Å². The first kappa shape index (κ1) is 34.3. The van der Waals surface area contributed by atoms with Gasteiger partial charge in [0.25, 0.3) is 0 Å². The molecule has 1 aliphatic rings. The van der Waals surface area contributed by atoms with Gasteiger partial charge in [0.15, 0.2) is 5.65 Å². The van der Waals surface area contributed by atoms with Gasteiger partial charge in [0.2, 0.25) is 5.91 Å². The van der Waals surface area contributed by atoms with E-state index in [2.05, 4.69) is 35.8 Å². The predicted octanol–water partition coefficient (Wildman–Crippen LogP) is 4.20. The van der Waals surface area contributed by atoms with E-state index >= 15 is 0 Å². The summed E-state index contributed by atoms with van der Waals surface area (Å²) < 4.78 is 70.3. The highest BCUT2D eigenvalue weighted by atomic mass is 79.9. The molecule has 3 aromatic rings. The molecule has 0 atom stereocenters. The molecule has 0 unspecified atom stereocenters. The maximum atomic E-state index is 11.4. The van der Waals surface area contributed by atoms with Crippen molar-refractivity contribution in [3.63, 3.8) is 0 Å². The Morgan fingerprint density at radius 1 is 0.976 bits per heavy atom. The number of nitrogens with zero attached hydrogens (tertiary/aromatic N) is 4. The van der Waals surface area contributed by atoms with Gasteiger partial charge >= 0.3 is 24.3 Å². The lowest BCUT2D eigenvalue weighted by molar-refractivity contribution is -0.193. The van der Waals surface area contributed by atoms with Gasteiger partial charge < -0.3 is 24.8 Å². The van der Waals surface area contributed by atoms with E-state index in [1.165, 1.54) is 0 Å². The van der Waals surface area contributed by atoms with Gasteiger partial charge in [-0.3, -0.25) is 9.69 Å². The van der Waals surface area contributed by atoms with Crippen LogP contribution in [0.3, 0.4) is 0 Å². The van der Waals surface area contributed by atoms with Crippen molar-refractivity contribution in [1.29, 1.82) is 0 Å². The molecule has 18 heteroatoms. The quantitative estimate of drug-likeness (QED) is 0.339. The minimum absolute atomic E-state index is 0.156. The van der Waals surface area contributed by atoms with Crippen molar-refractivity contribution < 1.29 is 55.7 Å². The smallest absolute Gasteiger partial charge is 0.490 e. The summed E-state index contributed by atoms with van der Waals surface area (Å²) in [5.74, 6) is -3.73. The first-order valence-electron chi connectivity index (χ1n) is 11.8. The van der Waals surface area contributed by atoms with Crippen molar-refractivity contribution in [2.24, 2.45) is 0 Å². The van der Waals surface area contributed by atoms with Crippen LogP contribution in [0, 0.1) is 0 Å². The summed E-state index contributed by atoms with van der Waals surface area (Å²) in [6.45, 7) is 6.51. The molecule has 1 aromatic carbocycles. The van der Waals surface area contributed by atoms with Crippen molar-refractivity contribution >= 4 is 44.9 Å². The van der Waals surface area contributed by atoms with Crippen LogP contribution in [0.4, 0.5) is 26.3 Å². The fourth-order valence-electron chi connectivity index (χ4n) is 3.30. The Kier molecular flexibility index (Phi) is 12.1. The second kappa shape index (κ2) is 14.8. The third-order valence-electron chi connectivity index (χ3n) is 5.41. The standard InChI is InChI=1S/C20H22BrN5O2.2C2HF3O2/c1-14(27)26-8-6-25(7-9-26)10-11-28-17-4-2-15(3-5-17)19-23-18-12-16(21)13-22-20(18)24-19;2*3-2(4,5)1(6)7/h2-5,12-13H,6-11H2,1H3,(H,22,23,24);2*(H,6,7). The number of alkyl halides is 6. The third kappa shape index (κ3) is 11.2. The molecule has 230 valence electrons. The van der Waals surface area contributed by atoms with Gasteiger partial charge in [-0.15, -0.1) is 0 Å². The molecule has 0 radical (unpaired) electrons. The molecule has 0 saturated carbocycles. The minimum atomic E-state index is -5.08. The molecule has 1 fully saturated rings. The Morgan fingerprint density at radius 2 is 1.50 bits per heavy atom. The van der Waals surface area contributed by atoms with Gasteiger partial charge in [-0.1, -0.05) is 0 Å². The van der Waals surface area contributed by atoms with E-state index in [0.717, 1.165) is 65.5 Å². The number of fused-ring (bicyclic) bond motifs is 1. The van der Waals surface area contributed by atoms with Gasteiger partial charge in [-0.05, 0) is 46.3 Å². The third-order valence-corrected chi connectivity index (χ3v) is 5.84. The number of imidazole rings is 1. The van der Waals surface area contributed by atoms with Crippen molar-refractivity contribution in [3.8, 4) is 17.1 Å². The number of aliphatic carboxylic acids is 2. The van der Waals surface area contributed by atoms with E-state index in [1.807, 2.05) is 35.2 Å². The number of nitrogens with one attached hydrogen (secondary N) is 1. The molecular weight excluding hydrogens is 648 g/mol. The van der Waals surface area contributed by atoms with Crippen LogP contribution in [0.5, 0.6) is 5.75 Å². The second-order valence-corrected chi connectivity index (χ2v) is 9.35. The number of rotatable bonds is 5. The molecule has 3 heterocycles. The monoisotopic (exact) mass is 671 g/mol. The van der Waals surface area contributed by atoms with E-state index in [4.69, 9.17) is 24.5 Å². The highest BCUT2D eigenvalue weighted by molar-refractivity contribution is 9.10. The average molecular weight is 672 g/mol. The largest absolute Gasteiger partial charge is 0.492 e. The van der Waals surface area contributed by atoms with Crippen LogP contribution in [0.1, 0.15) is 6.92 Å². The van der Waals surface area contributed by atoms with Crippen LogP contribution in [0.2, 0.25) is 0 Å². The molecule has 1 saturated heterocycles. The van der Waals surface area contributed by atoms with Gasteiger partial charge in [0, 0.05) is 55.9 Å². The molecule has 0 bridgehead atoms. The number of halogens is 7. The number of aromatic nitrogens is 3. The maximum Gasteiger partial charge on any atom is 0.490 e. The fraction of sp³-hybridized carbons (Fsp3) is 0.375. The van der Waals surface area contributed by atoms with Crippen molar-refractivity contribution in [2.45, 2.75) is 19.3 Å². The lowest BCUT2D eigenvalue weighted by atomic mass is 10.2. The van der Waals surface area contributed by atoms with Gasteiger partial charge in [-0.25, -0.2) is 19.6 Å². The summed E-state index contributed by atoms with van der Waals surface area (Å²) in [7, 11) is 0. The molecule has 1 amide bonds. The Labute approximate surface area is 242 Å². The molecule has 3 N–H and O–H groups in total. The topological polar surface area (TPSA) is 149 Å². The number of carboxylic acid groups (broad SMARTS) is 2. The predicted molar refractivity (Wildman–Crippen MR) is 139 cm³/mol. The maximum absolute atomic E-state index is 11.4. The zero-order chi connectivity index (χ0) is 31.7. The molecule has 11 nitrogen and oxygen atoms in total. The average Bonchev–Trinajstić information content (AvgIpc) is 3.32. The summed E-state index contributed by atoms with van der Waals surface area (Å²) in [5, 5.41) is 14.2. The van der Waals surface area contributed by atoms with Crippen LogP contribution in [0.15, 0.2) is 41.0 Å². The highest BCUT2D eigenvalue weighted by Gasteiger charge is 2.38. The number of carbonyl (C=O) groups excluding carboxylic acids is 1. The van der Waals surface area contributed by atoms with Crippen molar-refractivity contribution in [1.82, 2.24) is 24.8 Å². The number of aromatic amines is 1. The molecule has 0 spiro atoms. The Morgan fingerprint density at radius 3 is 1.98 bits per heavy atom. The van der Waals surface area contributed by atoms with E-state index < -0.39 is 24.3 Å². The summed E-state index contributed by atoms with van der Waals surface area (Å²) in [5.41, 5.74) is 2.58. The normalized spacial score (nSPS) is 13.9. The van der Waals surface area contributed by atoms with Crippen LogP contribution in [0.25, 0.3) is 22.6 Å². The van der Waals surface area contributed by atoms with Gasteiger partial charge in [-0.2, -0.15) is 26.3 Å². The summed E-state index contributed by atoms with van der Waals surface area (Å²) in [6.07, 6.45) is -8.42. The van der Waals surface area contributed by atoms with E-state index in [9.17, 15) is 31.1 Å². The zero-order valence-electron chi connectivity index (χ0n) is 21.7. The minimum Gasteiger partial charge on any atom is -0.492 e. The van der Waals surface area contributed by atoms with Crippen molar-refractivity contribution in [3.05, 3.63) is 41.0 Å². The molecule has 1 aliphatic heterocycles.